The number of carbonyl (C=O) groups excluding carboxylic acids is 1. The second-order valence-corrected chi connectivity index (χ2v) is 3.23. The molecule has 0 saturated heterocycles. The van der Waals surface area contributed by atoms with E-state index in [-0.39, 0.29) is 5.97 Å². The molecular weight excluding hydrogens is 152 g/mol. The minimum Gasteiger partial charge on any atom is -0.463 e. The van der Waals surface area contributed by atoms with Crippen LogP contribution in [0.3, 0.4) is 0 Å². The third-order valence-corrected chi connectivity index (χ3v) is 2.42. The lowest BCUT2D eigenvalue weighted by atomic mass is 10.0. The van der Waals surface area contributed by atoms with Gasteiger partial charge in [0.25, 0.3) is 0 Å². The van der Waals surface area contributed by atoms with Crippen LogP contribution >= 0.6 is 0 Å². The van der Waals surface area contributed by atoms with E-state index in [4.69, 9.17) is 4.74 Å². The Morgan fingerprint density at radius 3 is 3.00 bits per heavy atom. The van der Waals surface area contributed by atoms with E-state index in [1.165, 1.54) is 0 Å². The first-order valence-corrected chi connectivity index (χ1v) is 4.38. The molecule has 2 heteroatoms. The fourth-order valence-electron chi connectivity index (χ4n) is 1.87. The summed E-state index contributed by atoms with van der Waals surface area (Å²) in [6.07, 6.45) is 7.38. The van der Waals surface area contributed by atoms with Crippen LogP contribution in [-0.4, -0.2) is 12.6 Å². The molecular formula is C10H12O2. The highest BCUT2D eigenvalue weighted by molar-refractivity contribution is 5.90. The molecule has 64 valence electrons. The van der Waals surface area contributed by atoms with E-state index in [0.29, 0.717) is 18.4 Å². The molecule has 2 nitrogen and oxygen atoms in total. The number of fused-ring (bicyclic) bond motifs is 2. The van der Waals surface area contributed by atoms with E-state index in [1.54, 1.807) is 0 Å². The Bertz CT molecular complexity index is 263. The predicted octanol–water partition coefficient (Wildman–Crippen LogP) is 1.68. The van der Waals surface area contributed by atoms with Gasteiger partial charge in [-0.2, -0.15) is 0 Å². The molecule has 2 bridgehead atoms. The molecule has 0 aliphatic heterocycles. The van der Waals surface area contributed by atoms with Crippen LogP contribution in [0.1, 0.15) is 13.3 Å². The van der Waals surface area contributed by atoms with E-state index in [0.717, 1.165) is 12.0 Å². The number of rotatable bonds is 2. The predicted molar refractivity (Wildman–Crippen MR) is 45.5 cm³/mol. The van der Waals surface area contributed by atoms with Gasteiger partial charge in [-0.25, -0.2) is 4.79 Å². The van der Waals surface area contributed by atoms with Crippen LogP contribution in [0.2, 0.25) is 0 Å². The van der Waals surface area contributed by atoms with Crippen molar-refractivity contribution in [3.63, 3.8) is 0 Å². The van der Waals surface area contributed by atoms with Crippen molar-refractivity contribution in [3.8, 4) is 0 Å². The zero-order valence-corrected chi connectivity index (χ0v) is 7.12. The van der Waals surface area contributed by atoms with Gasteiger partial charge in [0.05, 0.1) is 6.61 Å². The number of esters is 1. The molecule has 0 radical (unpaired) electrons. The maximum atomic E-state index is 11.3. The molecule has 0 fully saturated rings. The number of carbonyl (C=O) groups is 1. The van der Waals surface area contributed by atoms with E-state index in [9.17, 15) is 4.79 Å². The quantitative estimate of drug-likeness (QED) is 0.458. The lowest BCUT2D eigenvalue weighted by Gasteiger charge is -2.07. The Hall–Kier alpha value is -1.05. The maximum absolute atomic E-state index is 11.3. The molecule has 2 atom stereocenters. The number of hydrogen-bond donors (Lipinski definition) is 0. The van der Waals surface area contributed by atoms with Crippen molar-refractivity contribution < 1.29 is 9.53 Å². The Labute approximate surface area is 71.9 Å². The van der Waals surface area contributed by atoms with Crippen LogP contribution in [0, 0.1) is 11.8 Å². The van der Waals surface area contributed by atoms with Crippen LogP contribution in [0.5, 0.6) is 0 Å². The summed E-state index contributed by atoms with van der Waals surface area (Å²) in [6, 6.07) is 0. The summed E-state index contributed by atoms with van der Waals surface area (Å²) >= 11 is 0. The van der Waals surface area contributed by atoms with Crippen molar-refractivity contribution in [2.24, 2.45) is 11.8 Å². The van der Waals surface area contributed by atoms with E-state index < -0.39 is 0 Å². The lowest BCUT2D eigenvalue weighted by Crippen LogP contribution is -2.11. The normalized spacial score (nSPS) is 30.6. The molecule has 0 aromatic heterocycles. The molecule has 2 unspecified atom stereocenters. The third kappa shape index (κ3) is 1.07. The smallest absolute Gasteiger partial charge is 0.334 e. The van der Waals surface area contributed by atoms with Gasteiger partial charge in [-0.1, -0.05) is 18.2 Å². The molecule has 0 amide bonds. The summed E-state index contributed by atoms with van der Waals surface area (Å²) in [5.41, 5.74) is 0.865. The van der Waals surface area contributed by atoms with E-state index >= 15 is 0 Å². The Morgan fingerprint density at radius 2 is 2.50 bits per heavy atom. The van der Waals surface area contributed by atoms with Crippen molar-refractivity contribution in [3.05, 3.63) is 23.8 Å². The molecule has 0 spiro atoms. The third-order valence-electron chi connectivity index (χ3n) is 2.42. The zero-order valence-electron chi connectivity index (χ0n) is 7.12. The largest absolute Gasteiger partial charge is 0.463 e. The van der Waals surface area contributed by atoms with E-state index in [1.807, 2.05) is 13.0 Å². The first-order valence-electron chi connectivity index (χ1n) is 4.38. The van der Waals surface area contributed by atoms with Crippen LogP contribution in [0.4, 0.5) is 0 Å². The molecule has 0 heterocycles. The fraction of sp³-hybridized carbons (Fsp3) is 0.500. The zero-order chi connectivity index (χ0) is 8.55. The second-order valence-electron chi connectivity index (χ2n) is 3.23. The van der Waals surface area contributed by atoms with Gasteiger partial charge in [0.1, 0.15) is 0 Å². The van der Waals surface area contributed by atoms with Crippen molar-refractivity contribution in [2.45, 2.75) is 13.3 Å². The van der Waals surface area contributed by atoms with Gasteiger partial charge < -0.3 is 4.74 Å². The Balaban J connectivity index is 2.07. The van der Waals surface area contributed by atoms with Crippen molar-refractivity contribution in [1.82, 2.24) is 0 Å². The SMILES string of the molecule is CCOC(=O)C1=CC2C=CC1C2. The average molecular weight is 164 g/mol. The fourth-order valence-corrected chi connectivity index (χ4v) is 1.87. The van der Waals surface area contributed by atoms with Gasteiger partial charge in [-0.05, 0) is 19.3 Å². The summed E-state index contributed by atoms with van der Waals surface area (Å²) in [6.45, 7) is 2.30. The first-order chi connectivity index (χ1) is 5.81. The molecule has 0 aromatic rings. The Morgan fingerprint density at radius 1 is 1.67 bits per heavy atom. The molecule has 2 aliphatic rings. The van der Waals surface area contributed by atoms with Crippen molar-refractivity contribution in [2.75, 3.05) is 6.61 Å². The monoisotopic (exact) mass is 164 g/mol. The highest BCUT2D eigenvalue weighted by Crippen LogP contribution is 2.38. The first kappa shape index (κ1) is 7.59. The van der Waals surface area contributed by atoms with Crippen LogP contribution in [0.25, 0.3) is 0 Å². The number of hydrogen-bond acceptors (Lipinski definition) is 2. The van der Waals surface area contributed by atoms with Crippen LogP contribution < -0.4 is 0 Å². The van der Waals surface area contributed by atoms with Gasteiger partial charge in [0.15, 0.2) is 0 Å². The van der Waals surface area contributed by atoms with Crippen LogP contribution in [-0.2, 0) is 9.53 Å². The van der Waals surface area contributed by atoms with Gasteiger partial charge in [0.2, 0.25) is 0 Å². The number of allylic oxidation sites excluding steroid dienone is 3. The Kier molecular flexibility index (Phi) is 1.75. The summed E-state index contributed by atoms with van der Waals surface area (Å²) in [7, 11) is 0. The topological polar surface area (TPSA) is 26.3 Å². The van der Waals surface area contributed by atoms with Gasteiger partial charge in [-0.15, -0.1) is 0 Å². The van der Waals surface area contributed by atoms with Gasteiger partial charge in [0, 0.05) is 11.5 Å². The highest BCUT2D eigenvalue weighted by Gasteiger charge is 2.32. The molecule has 2 rings (SSSR count). The minimum atomic E-state index is -0.130. The maximum Gasteiger partial charge on any atom is 0.334 e. The molecule has 0 N–H and O–H groups in total. The molecule has 2 aliphatic carbocycles. The summed E-state index contributed by atoms with van der Waals surface area (Å²) < 4.78 is 4.94. The molecule has 0 aromatic carbocycles. The average Bonchev–Trinajstić information content (AvgIpc) is 2.64. The van der Waals surface area contributed by atoms with Gasteiger partial charge >= 0.3 is 5.97 Å². The van der Waals surface area contributed by atoms with Crippen LogP contribution in [0.15, 0.2) is 23.8 Å². The molecule has 0 saturated carbocycles. The number of ether oxygens (including phenoxy) is 1. The van der Waals surface area contributed by atoms with Crippen molar-refractivity contribution >= 4 is 5.97 Å². The minimum absolute atomic E-state index is 0.130. The summed E-state index contributed by atoms with van der Waals surface area (Å²) in [5, 5.41) is 0. The lowest BCUT2D eigenvalue weighted by molar-refractivity contribution is -0.138. The second kappa shape index (κ2) is 2.77. The van der Waals surface area contributed by atoms with Gasteiger partial charge in [-0.3, -0.25) is 0 Å². The van der Waals surface area contributed by atoms with Crippen molar-refractivity contribution in [1.29, 1.82) is 0 Å². The van der Waals surface area contributed by atoms with E-state index in [2.05, 4.69) is 12.2 Å². The highest BCUT2D eigenvalue weighted by atomic mass is 16.5. The standard InChI is InChI=1S/C10H12O2/c1-2-12-10(11)9-6-7-3-4-8(9)5-7/h3-4,6-8H,2,5H2,1H3. The summed E-state index contributed by atoms with van der Waals surface area (Å²) in [4.78, 5) is 11.3. The summed E-state index contributed by atoms with van der Waals surface area (Å²) in [5.74, 6) is 0.706. The molecule has 12 heavy (non-hydrogen) atoms.